The quantitative estimate of drug-likeness (QED) is 0.0999. The van der Waals surface area contributed by atoms with Crippen molar-refractivity contribution in [3.63, 3.8) is 0 Å². The molecule has 0 aromatic carbocycles. The maximum atomic E-state index is 12.3. The topological polar surface area (TPSA) is 63.6 Å². The zero-order valence-corrected chi connectivity index (χ0v) is 21.2. The van der Waals surface area contributed by atoms with Gasteiger partial charge in [0.2, 0.25) is 0 Å². The van der Waals surface area contributed by atoms with Gasteiger partial charge in [0.05, 0.1) is 0 Å². The van der Waals surface area contributed by atoms with Crippen LogP contribution in [0.4, 0.5) is 0 Å². The van der Waals surface area contributed by atoms with Gasteiger partial charge in [-0.1, -0.05) is 94.9 Å². The molecule has 0 saturated heterocycles. The van der Waals surface area contributed by atoms with Crippen molar-refractivity contribution in [3.8, 4) is 0 Å². The number of hydrogen-bond donors (Lipinski definition) is 1. The zero-order chi connectivity index (χ0) is 24.4. The van der Waals surface area contributed by atoms with Gasteiger partial charge in [0.25, 0.3) is 0 Å². The molecule has 0 heterocycles. The first-order chi connectivity index (χ1) is 16.1. The number of carbonyl (C=O) groups is 2. The van der Waals surface area contributed by atoms with Crippen LogP contribution in [0.1, 0.15) is 117 Å². The number of carbonyl (C=O) groups excluding carboxylic acids is 1. The van der Waals surface area contributed by atoms with Crippen LogP contribution in [0.25, 0.3) is 0 Å². The predicted octanol–water partition coefficient (Wildman–Crippen LogP) is 8.49. The number of rotatable bonds is 22. The van der Waals surface area contributed by atoms with Gasteiger partial charge in [-0.15, -0.1) is 0 Å². The summed E-state index contributed by atoms with van der Waals surface area (Å²) in [5, 5.41) is 8.77. The van der Waals surface area contributed by atoms with Crippen LogP contribution in [0.15, 0.2) is 48.6 Å². The highest BCUT2D eigenvalue weighted by Gasteiger charge is 2.11. The lowest BCUT2D eigenvalue weighted by Crippen LogP contribution is -2.16. The molecule has 0 bridgehead atoms. The summed E-state index contributed by atoms with van der Waals surface area (Å²) in [5.41, 5.74) is 0. The first-order valence-corrected chi connectivity index (χ1v) is 13.1. The van der Waals surface area contributed by atoms with Gasteiger partial charge in [-0.3, -0.25) is 9.59 Å². The van der Waals surface area contributed by atoms with E-state index >= 15 is 0 Å². The molecule has 0 aliphatic rings. The fraction of sp³-hybridized carbons (Fsp3) is 0.655. The number of carboxylic acid groups (broad SMARTS) is 1. The summed E-state index contributed by atoms with van der Waals surface area (Å²) in [6, 6.07) is 0. The summed E-state index contributed by atoms with van der Waals surface area (Å²) in [7, 11) is 0. The number of ether oxygens (including phenoxy) is 1. The lowest BCUT2D eigenvalue weighted by molar-refractivity contribution is -0.147. The smallest absolute Gasteiger partial charge is 0.306 e. The van der Waals surface area contributed by atoms with Crippen molar-refractivity contribution in [1.82, 2.24) is 0 Å². The number of hydrogen-bond acceptors (Lipinski definition) is 3. The van der Waals surface area contributed by atoms with Gasteiger partial charge in [-0.05, 0) is 57.4 Å². The molecule has 0 fully saturated rings. The third-order valence-electron chi connectivity index (χ3n) is 5.30. The number of carboxylic acids is 1. The predicted molar refractivity (Wildman–Crippen MR) is 139 cm³/mol. The Morgan fingerprint density at radius 2 is 1.24 bits per heavy atom. The van der Waals surface area contributed by atoms with E-state index < -0.39 is 5.97 Å². The van der Waals surface area contributed by atoms with Crippen LogP contribution < -0.4 is 0 Å². The van der Waals surface area contributed by atoms with Gasteiger partial charge in [-0.2, -0.15) is 0 Å². The molecular weight excluding hydrogens is 412 g/mol. The maximum Gasteiger partial charge on any atom is 0.306 e. The van der Waals surface area contributed by atoms with Gasteiger partial charge in [-0.25, -0.2) is 0 Å². The van der Waals surface area contributed by atoms with Gasteiger partial charge in [0.1, 0.15) is 6.10 Å². The summed E-state index contributed by atoms with van der Waals surface area (Å²) < 4.78 is 5.71. The van der Waals surface area contributed by atoms with Gasteiger partial charge < -0.3 is 9.84 Å². The maximum absolute atomic E-state index is 12.3. The van der Waals surface area contributed by atoms with Crippen molar-refractivity contribution < 1.29 is 19.4 Å². The van der Waals surface area contributed by atoms with Crippen LogP contribution >= 0.6 is 0 Å². The standard InChI is InChI=1S/C29H48O4/c1-3-5-7-9-11-12-13-14-15-16-19-23-27(24-20-18-21-25-28(30)31)33-29(32)26-22-17-10-8-6-4-2/h5,7,11-12,14-15,19,23,27H,3-4,6,8-10,13,16-18,20-22,24-26H2,1-2H3,(H,30,31)/b7-5-,12-11-,15-14-,23-19-. The molecule has 0 radical (unpaired) electrons. The monoisotopic (exact) mass is 460 g/mol. The Kier molecular flexibility index (Phi) is 23.0. The van der Waals surface area contributed by atoms with E-state index in [0.717, 1.165) is 57.8 Å². The molecule has 0 amide bonds. The van der Waals surface area contributed by atoms with Crippen molar-refractivity contribution in [3.05, 3.63) is 48.6 Å². The first kappa shape index (κ1) is 30.9. The highest BCUT2D eigenvalue weighted by atomic mass is 16.5. The molecule has 4 nitrogen and oxygen atoms in total. The second-order valence-corrected chi connectivity index (χ2v) is 8.50. The second kappa shape index (κ2) is 24.5. The molecule has 1 atom stereocenters. The Bertz CT molecular complexity index is 586. The molecule has 33 heavy (non-hydrogen) atoms. The minimum Gasteiger partial charge on any atom is -0.481 e. The van der Waals surface area contributed by atoms with Gasteiger partial charge in [0, 0.05) is 12.8 Å². The van der Waals surface area contributed by atoms with Crippen molar-refractivity contribution >= 4 is 11.9 Å². The van der Waals surface area contributed by atoms with Crippen molar-refractivity contribution in [2.75, 3.05) is 0 Å². The van der Waals surface area contributed by atoms with Crippen molar-refractivity contribution in [2.45, 2.75) is 123 Å². The molecule has 0 aliphatic carbocycles. The van der Waals surface area contributed by atoms with Crippen LogP contribution in [-0.4, -0.2) is 23.1 Å². The van der Waals surface area contributed by atoms with Crippen molar-refractivity contribution in [2.24, 2.45) is 0 Å². The molecule has 0 aliphatic heterocycles. The number of aliphatic carboxylic acids is 1. The van der Waals surface area contributed by atoms with Crippen LogP contribution in [0.3, 0.4) is 0 Å². The van der Waals surface area contributed by atoms with E-state index in [-0.39, 0.29) is 18.5 Å². The Morgan fingerprint density at radius 3 is 1.88 bits per heavy atom. The number of esters is 1. The van der Waals surface area contributed by atoms with Crippen LogP contribution in [0, 0.1) is 0 Å². The minimum absolute atomic E-state index is 0.122. The fourth-order valence-corrected chi connectivity index (χ4v) is 3.38. The van der Waals surface area contributed by atoms with Gasteiger partial charge in [0.15, 0.2) is 0 Å². The van der Waals surface area contributed by atoms with Gasteiger partial charge >= 0.3 is 11.9 Å². The van der Waals surface area contributed by atoms with E-state index in [9.17, 15) is 9.59 Å². The minimum atomic E-state index is -0.754. The Balaban J connectivity index is 4.33. The lowest BCUT2D eigenvalue weighted by atomic mass is 10.1. The molecular formula is C29H48O4. The molecule has 188 valence electrons. The average molecular weight is 461 g/mol. The summed E-state index contributed by atoms with van der Waals surface area (Å²) in [6.07, 6.45) is 31.3. The number of allylic oxidation sites excluding steroid dienone is 7. The third kappa shape index (κ3) is 24.4. The van der Waals surface area contributed by atoms with Crippen LogP contribution in [-0.2, 0) is 14.3 Å². The van der Waals surface area contributed by atoms with E-state index in [1.54, 1.807) is 0 Å². The molecule has 0 aromatic heterocycles. The first-order valence-electron chi connectivity index (χ1n) is 13.1. The zero-order valence-electron chi connectivity index (χ0n) is 21.2. The largest absolute Gasteiger partial charge is 0.481 e. The average Bonchev–Trinajstić information content (AvgIpc) is 2.79. The van der Waals surface area contributed by atoms with E-state index in [2.05, 4.69) is 56.4 Å². The van der Waals surface area contributed by atoms with E-state index in [4.69, 9.17) is 9.84 Å². The van der Waals surface area contributed by atoms with E-state index in [1.807, 2.05) is 6.08 Å². The Morgan fingerprint density at radius 1 is 0.697 bits per heavy atom. The van der Waals surface area contributed by atoms with Crippen LogP contribution in [0.5, 0.6) is 0 Å². The van der Waals surface area contributed by atoms with E-state index in [1.165, 1.54) is 25.7 Å². The molecule has 0 saturated carbocycles. The Hall–Kier alpha value is -2.10. The summed E-state index contributed by atoms with van der Waals surface area (Å²) in [6.45, 7) is 4.34. The lowest BCUT2D eigenvalue weighted by Gasteiger charge is -2.14. The summed E-state index contributed by atoms with van der Waals surface area (Å²) in [4.78, 5) is 22.9. The summed E-state index contributed by atoms with van der Waals surface area (Å²) in [5.74, 6) is -0.876. The molecule has 1 N–H and O–H groups in total. The highest BCUT2D eigenvalue weighted by Crippen LogP contribution is 2.13. The highest BCUT2D eigenvalue weighted by molar-refractivity contribution is 5.69. The Labute approximate surface area is 202 Å². The molecule has 4 heteroatoms. The summed E-state index contributed by atoms with van der Waals surface area (Å²) >= 11 is 0. The molecule has 0 rings (SSSR count). The van der Waals surface area contributed by atoms with Crippen molar-refractivity contribution in [1.29, 1.82) is 0 Å². The third-order valence-corrected chi connectivity index (χ3v) is 5.30. The SMILES string of the molecule is CC/C=C\C/C=C\C/C=C\C/C=C\C(CCCCCC(=O)O)OC(=O)CCCCCCCC. The second-order valence-electron chi connectivity index (χ2n) is 8.50. The molecule has 0 aromatic rings. The fourth-order valence-electron chi connectivity index (χ4n) is 3.38. The normalized spacial score (nSPS) is 13.0. The van der Waals surface area contributed by atoms with Crippen LogP contribution in [0.2, 0.25) is 0 Å². The molecule has 1 unspecified atom stereocenters. The van der Waals surface area contributed by atoms with E-state index in [0.29, 0.717) is 12.8 Å². The molecule has 0 spiro atoms. The number of unbranched alkanes of at least 4 members (excludes halogenated alkanes) is 7.